The lowest BCUT2D eigenvalue weighted by atomic mass is 10.1. The van der Waals surface area contributed by atoms with Crippen LogP contribution in [0.1, 0.15) is 11.1 Å². The summed E-state index contributed by atoms with van der Waals surface area (Å²) in [6.07, 6.45) is 1.06. The minimum absolute atomic E-state index is 0.594. The van der Waals surface area contributed by atoms with Gasteiger partial charge in [-0.25, -0.2) is 0 Å². The Morgan fingerprint density at radius 3 is 2.50 bits per heavy atom. The fraction of sp³-hybridized carbons (Fsp3) is 0.455. The van der Waals surface area contributed by atoms with Crippen LogP contribution in [0.2, 0.25) is 0 Å². The summed E-state index contributed by atoms with van der Waals surface area (Å²) < 4.78 is 1.17. The van der Waals surface area contributed by atoms with E-state index in [1.165, 1.54) is 15.6 Å². The van der Waals surface area contributed by atoms with Gasteiger partial charge in [0.1, 0.15) is 0 Å². The van der Waals surface area contributed by atoms with Crippen molar-refractivity contribution in [2.45, 2.75) is 13.0 Å². The highest BCUT2D eigenvalue weighted by molar-refractivity contribution is 9.10. The quantitative estimate of drug-likeness (QED) is 0.894. The summed E-state index contributed by atoms with van der Waals surface area (Å²) in [5.74, 6) is 0. The van der Waals surface area contributed by atoms with Crippen molar-refractivity contribution < 1.29 is 0 Å². The summed E-state index contributed by atoms with van der Waals surface area (Å²) in [5.41, 5.74) is 8.15. The molecule has 2 nitrogen and oxygen atoms in total. The molecule has 2 N–H and O–H groups in total. The molecule has 0 fully saturated rings. The van der Waals surface area contributed by atoms with Crippen molar-refractivity contribution in [3.8, 4) is 0 Å². The smallest absolute Gasteiger partial charge is 0.0252 e. The Kier molecular flexibility index (Phi) is 4.58. The van der Waals surface area contributed by atoms with Crippen molar-refractivity contribution in [3.63, 3.8) is 0 Å². The molecule has 0 saturated carbocycles. The van der Waals surface area contributed by atoms with Crippen LogP contribution >= 0.6 is 15.9 Å². The standard InChI is InChI=1S/C11H17BrN2/c1-14(2)7-6-9-4-3-5-10(8-13)11(9)12/h3-5H,6-8,13H2,1-2H3. The topological polar surface area (TPSA) is 29.3 Å². The van der Waals surface area contributed by atoms with E-state index in [1.807, 2.05) is 0 Å². The van der Waals surface area contributed by atoms with Gasteiger partial charge in [-0.1, -0.05) is 34.1 Å². The van der Waals surface area contributed by atoms with E-state index in [1.54, 1.807) is 0 Å². The molecule has 1 aromatic rings. The van der Waals surface area contributed by atoms with Gasteiger partial charge in [0.2, 0.25) is 0 Å². The second kappa shape index (κ2) is 5.49. The first-order valence-corrected chi connectivity index (χ1v) is 5.55. The number of rotatable bonds is 4. The fourth-order valence-corrected chi connectivity index (χ4v) is 1.95. The molecule has 0 unspecified atom stereocenters. The second-order valence-corrected chi connectivity index (χ2v) is 4.44. The number of nitrogens with two attached hydrogens (primary N) is 1. The SMILES string of the molecule is CN(C)CCc1cccc(CN)c1Br. The van der Waals surface area contributed by atoms with Crippen LogP contribution < -0.4 is 5.73 Å². The number of hydrogen-bond donors (Lipinski definition) is 1. The monoisotopic (exact) mass is 256 g/mol. The maximum absolute atomic E-state index is 5.64. The lowest BCUT2D eigenvalue weighted by molar-refractivity contribution is 0.413. The summed E-state index contributed by atoms with van der Waals surface area (Å²) in [7, 11) is 4.17. The molecule has 0 spiro atoms. The first-order chi connectivity index (χ1) is 6.65. The molecule has 0 aliphatic rings. The average Bonchev–Trinajstić information content (AvgIpc) is 2.16. The summed E-state index contributed by atoms with van der Waals surface area (Å²) in [4.78, 5) is 2.18. The van der Waals surface area contributed by atoms with Gasteiger partial charge in [-0.05, 0) is 31.6 Å². The van der Waals surface area contributed by atoms with Gasteiger partial charge in [0, 0.05) is 17.6 Å². The Morgan fingerprint density at radius 2 is 1.93 bits per heavy atom. The van der Waals surface area contributed by atoms with Crippen LogP contribution in [0.25, 0.3) is 0 Å². The van der Waals surface area contributed by atoms with Gasteiger partial charge in [-0.3, -0.25) is 0 Å². The lowest BCUT2D eigenvalue weighted by Gasteiger charge is -2.12. The van der Waals surface area contributed by atoms with Gasteiger partial charge in [0.25, 0.3) is 0 Å². The second-order valence-electron chi connectivity index (χ2n) is 3.65. The molecule has 0 aromatic heterocycles. The van der Waals surface area contributed by atoms with Crippen molar-refractivity contribution in [2.75, 3.05) is 20.6 Å². The summed E-state index contributed by atoms with van der Waals surface area (Å²) >= 11 is 3.59. The summed E-state index contributed by atoms with van der Waals surface area (Å²) in [5, 5.41) is 0. The van der Waals surface area contributed by atoms with Crippen LogP contribution in [0.4, 0.5) is 0 Å². The number of hydrogen-bond acceptors (Lipinski definition) is 2. The predicted octanol–water partition coefficient (Wildman–Crippen LogP) is 2.01. The first-order valence-electron chi connectivity index (χ1n) is 4.76. The first kappa shape index (κ1) is 11.7. The maximum Gasteiger partial charge on any atom is 0.0252 e. The molecule has 1 rings (SSSR count). The largest absolute Gasteiger partial charge is 0.326 e. The van der Waals surface area contributed by atoms with Crippen molar-refractivity contribution in [3.05, 3.63) is 33.8 Å². The number of benzene rings is 1. The Balaban J connectivity index is 2.76. The third kappa shape index (κ3) is 3.08. The highest BCUT2D eigenvalue weighted by Crippen LogP contribution is 2.21. The van der Waals surface area contributed by atoms with Crippen molar-refractivity contribution in [1.29, 1.82) is 0 Å². The fourth-order valence-electron chi connectivity index (χ4n) is 1.33. The van der Waals surface area contributed by atoms with Gasteiger partial charge in [0.05, 0.1) is 0 Å². The van der Waals surface area contributed by atoms with E-state index in [9.17, 15) is 0 Å². The molecule has 78 valence electrons. The summed E-state index contributed by atoms with van der Waals surface area (Å²) in [6.45, 7) is 1.66. The van der Waals surface area contributed by atoms with E-state index in [0.717, 1.165) is 13.0 Å². The molecular weight excluding hydrogens is 240 g/mol. The molecule has 0 aliphatic carbocycles. The van der Waals surface area contributed by atoms with E-state index >= 15 is 0 Å². The van der Waals surface area contributed by atoms with E-state index in [0.29, 0.717) is 6.54 Å². The molecule has 3 heteroatoms. The van der Waals surface area contributed by atoms with Crippen LogP contribution in [0.15, 0.2) is 22.7 Å². The number of halogens is 1. The predicted molar refractivity (Wildman–Crippen MR) is 64.3 cm³/mol. The molecular formula is C11H17BrN2. The molecule has 14 heavy (non-hydrogen) atoms. The normalized spacial score (nSPS) is 10.9. The van der Waals surface area contributed by atoms with Crippen LogP contribution in [-0.2, 0) is 13.0 Å². The third-order valence-electron chi connectivity index (χ3n) is 2.21. The zero-order chi connectivity index (χ0) is 10.6. The van der Waals surface area contributed by atoms with Crippen LogP contribution in [-0.4, -0.2) is 25.5 Å². The zero-order valence-electron chi connectivity index (χ0n) is 8.76. The Hall–Kier alpha value is -0.380. The molecule has 0 amide bonds. The van der Waals surface area contributed by atoms with Crippen molar-refractivity contribution in [1.82, 2.24) is 4.90 Å². The number of nitrogens with zero attached hydrogens (tertiary/aromatic N) is 1. The van der Waals surface area contributed by atoms with E-state index in [2.05, 4.69) is 53.1 Å². The minimum atomic E-state index is 0.594. The maximum atomic E-state index is 5.64. The summed E-state index contributed by atoms with van der Waals surface area (Å²) in [6, 6.07) is 6.27. The zero-order valence-corrected chi connectivity index (χ0v) is 10.3. The van der Waals surface area contributed by atoms with Gasteiger partial charge >= 0.3 is 0 Å². The molecule has 0 atom stereocenters. The lowest BCUT2D eigenvalue weighted by Crippen LogP contribution is -2.15. The van der Waals surface area contributed by atoms with Crippen molar-refractivity contribution in [2.24, 2.45) is 5.73 Å². The van der Waals surface area contributed by atoms with Gasteiger partial charge in [0.15, 0.2) is 0 Å². The highest BCUT2D eigenvalue weighted by Gasteiger charge is 2.04. The molecule has 0 radical (unpaired) electrons. The Morgan fingerprint density at radius 1 is 1.29 bits per heavy atom. The Labute approximate surface area is 94.2 Å². The van der Waals surface area contributed by atoms with Crippen LogP contribution in [0, 0.1) is 0 Å². The number of likely N-dealkylation sites (N-methyl/N-ethyl adjacent to an activating group) is 1. The minimum Gasteiger partial charge on any atom is -0.326 e. The highest BCUT2D eigenvalue weighted by atomic mass is 79.9. The van der Waals surface area contributed by atoms with Crippen LogP contribution in [0.3, 0.4) is 0 Å². The van der Waals surface area contributed by atoms with Crippen LogP contribution in [0.5, 0.6) is 0 Å². The Bertz CT molecular complexity index is 297. The molecule has 0 heterocycles. The molecule has 0 bridgehead atoms. The molecule has 0 aliphatic heterocycles. The van der Waals surface area contributed by atoms with Crippen molar-refractivity contribution >= 4 is 15.9 Å². The van der Waals surface area contributed by atoms with Gasteiger partial charge in [-0.2, -0.15) is 0 Å². The van der Waals surface area contributed by atoms with Gasteiger partial charge in [-0.15, -0.1) is 0 Å². The van der Waals surface area contributed by atoms with E-state index < -0.39 is 0 Å². The van der Waals surface area contributed by atoms with Gasteiger partial charge < -0.3 is 10.6 Å². The molecule has 0 saturated heterocycles. The molecule has 1 aromatic carbocycles. The van der Waals surface area contributed by atoms with E-state index in [4.69, 9.17) is 5.73 Å². The van der Waals surface area contributed by atoms with E-state index in [-0.39, 0.29) is 0 Å². The third-order valence-corrected chi connectivity index (χ3v) is 3.23. The average molecular weight is 257 g/mol.